The van der Waals surface area contributed by atoms with Crippen molar-refractivity contribution in [2.45, 2.75) is 20.4 Å². The van der Waals surface area contributed by atoms with Crippen LogP contribution in [0.25, 0.3) is 11.5 Å². The molecule has 2 aromatic heterocycles. The van der Waals surface area contributed by atoms with E-state index in [1.165, 1.54) is 24.3 Å². The minimum atomic E-state index is -0.241. The second kappa shape index (κ2) is 8.09. The maximum absolute atomic E-state index is 11.7. The van der Waals surface area contributed by atoms with Crippen LogP contribution in [0, 0.1) is 0 Å². The van der Waals surface area contributed by atoms with E-state index in [4.69, 9.17) is 4.42 Å². The molecule has 0 aromatic carbocycles. The third-order valence-corrected chi connectivity index (χ3v) is 3.47. The quantitative estimate of drug-likeness (QED) is 0.629. The van der Waals surface area contributed by atoms with E-state index in [0.29, 0.717) is 28.9 Å². The van der Waals surface area contributed by atoms with Crippen LogP contribution in [0.15, 0.2) is 46.2 Å². The molecule has 0 aliphatic carbocycles. The molecule has 2 heterocycles. The lowest BCUT2D eigenvalue weighted by Crippen LogP contribution is -2.18. The zero-order valence-electron chi connectivity index (χ0n) is 12.8. The van der Waals surface area contributed by atoms with Gasteiger partial charge in [-0.3, -0.25) is 14.9 Å². The Hall–Kier alpha value is -2.67. The van der Waals surface area contributed by atoms with Gasteiger partial charge in [0.05, 0.1) is 6.54 Å². The number of anilines is 1. The Morgan fingerprint density at radius 3 is 2.91 bits per heavy atom. The molecule has 0 aliphatic heterocycles. The van der Waals surface area contributed by atoms with Crippen LogP contribution in [0.5, 0.6) is 0 Å². The Morgan fingerprint density at radius 2 is 2.17 bits per heavy atom. The number of nitrogens with one attached hydrogen (secondary N) is 2. The summed E-state index contributed by atoms with van der Waals surface area (Å²) in [5.41, 5.74) is 0.636. The molecule has 0 atom stereocenters. The predicted octanol–water partition coefficient (Wildman–Crippen LogP) is 3.11. The zero-order chi connectivity index (χ0) is 16.7. The fourth-order valence-electron chi connectivity index (χ4n) is 1.67. The number of furan rings is 1. The van der Waals surface area contributed by atoms with Gasteiger partial charge in [0, 0.05) is 18.4 Å². The van der Waals surface area contributed by atoms with Gasteiger partial charge in [0.25, 0.3) is 0 Å². The molecule has 120 valence electrons. The summed E-state index contributed by atoms with van der Waals surface area (Å²) in [6.07, 6.45) is 6.69. The van der Waals surface area contributed by atoms with E-state index in [-0.39, 0.29) is 11.8 Å². The van der Waals surface area contributed by atoms with E-state index in [9.17, 15) is 9.59 Å². The van der Waals surface area contributed by atoms with Gasteiger partial charge in [0.1, 0.15) is 11.5 Å². The summed E-state index contributed by atoms with van der Waals surface area (Å²) >= 11 is 1.31. The van der Waals surface area contributed by atoms with E-state index in [1.54, 1.807) is 29.7 Å². The molecular weight excluding hydrogens is 314 g/mol. The van der Waals surface area contributed by atoms with Crippen molar-refractivity contribution in [1.82, 2.24) is 10.3 Å². The van der Waals surface area contributed by atoms with Crippen LogP contribution >= 0.6 is 11.3 Å². The van der Waals surface area contributed by atoms with Gasteiger partial charge in [-0.2, -0.15) is 0 Å². The first-order valence-electron chi connectivity index (χ1n) is 6.98. The molecule has 2 N–H and O–H groups in total. The van der Waals surface area contributed by atoms with Crippen LogP contribution in [-0.2, 0) is 16.1 Å². The molecule has 0 saturated carbocycles. The Morgan fingerprint density at radius 1 is 1.35 bits per heavy atom. The number of hydrogen-bond acceptors (Lipinski definition) is 5. The van der Waals surface area contributed by atoms with Crippen molar-refractivity contribution in [1.29, 1.82) is 0 Å². The van der Waals surface area contributed by atoms with Crippen molar-refractivity contribution < 1.29 is 14.0 Å². The Bertz CT molecular complexity index is 743. The summed E-state index contributed by atoms with van der Waals surface area (Å²) in [7, 11) is 0. The number of thiazole rings is 1. The standard InChI is InChI=1S/C16H17N3O3S/c1-3-4-5-6-15(21)19-16-18-13(10-23-16)14-8-7-12(22-14)9-17-11(2)20/h3-8,10H,9H2,1-2H3,(H,17,20)(H,18,19,21)/b4-3+,6-5+. The Balaban J connectivity index is 1.99. The topological polar surface area (TPSA) is 84.2 Å². The first-order valence-corrected chi connectivity index (χ1v) is 7.86. The van der Waals surface area contributed by atoms with Gasteiger partial charge in [0.2, 0.25) is 11.8 Å². The van der Waals surface area contributed by atoms with Crippen molar-refractivity contribution in [2.24, 2.45) is 0 Å². The monoisotopic (exact) mass is 331 g/mol. The van der Waals surface area contributed by atoms with E-state index in [1.807, 2.05) is 13.0 Å². The van der Waals surface area contributed by atoms with Crippen LogP contribution in [0.4, 0.5) is 5.13 Å². The van der Waals surface area contributed by atoms with E-state index in [0.717, 1.165) is 0 Å². The summed E-state index contributed by atoms with van der Waals surface area (Å²) in [4.78, 5) is 26.8. The SMILES string of the molecule is C/C=C/C=C/C(=O)Nc1nc(-c2ccc(CNC(C)=O)o2)cs1. The lowest BCUT2D eigenvalue weighted by Gasteiger charge is -1.97. The van der Waals surface area contributed by atoms with Crippen molar-refractivity contribution in [3.05, 3.63) is 47.6 Å². The highest BCUT2D eigenvalue weighted by atomic mass is 32.1. The van der Waals surface area contributed by atoms with Crippen molar-refractivity contribution in [3.63, 3.8) is 0 Å². The molecule has 7 heteroatoms. The number of nitrogens with zero attached hydrogens (tertiary/aromatic N) is 1. The molecule has 0 bridgehead atoms. The second-order valence-corrected chi connectivity index (χ2v) is 5.45. The van der Waals surface area contributed by atoms with Gasteiger partial charge in [0.15, 0.2) is 10.9 Å². The maximum atomic E-state index is 11.7. The molecule has 0 saturated heterocycles. The summed E-state index contributed by atoms with van der Waals surface area (Å²) in [6, 6.07) is 3.56. The number of amides is 2. The molecule has 0 spiro atoms. The van der Waals surface area contributed by atoms with E-state index < -0.39 is 0 Å². The molecule has 2 amide bonds. The average molecular weight is 331 g/mol. The van der Waals surface area contributed by atoms with Gasteiger partial charge < -0.3 is 9.73 Å². The maximum Gasteiger partial charge on any atom is 0.250 e. The van der Waals surface area contributed by atoms with Gasteiger partial charge in [-0.1, -0.05) is 18.2 Å². The van der Waals surface area contributed by atoms with Crippen LogP contribution in [0.1, 0.15) is 19.6 Å². The molecule has 0 aliphatic rings. The number of hydrogen-bond donors (Lipinski definition) is 2. The lowest BCUT2D eigenvalue weighted by molar-refractivity contribution is -0.119. The summed E-state index contributed by atoms with van der Waals surface area (Å²) in [5, 5.41) is 7.64. The average Bonchev–Trinajstić information content (AvgIpc) is 3.14. The normalized spacial score (nSPS) is 11.2. The van der Waals surface area contributed by atoms with Crippen LogP contribution in [0.2, 0.25) is 0 Å². The summed E-state index contributed by atoms with van der Waals surface area (Å²) < 4.78 is 5.61. The first-order chi connectivity index (χ1) is 11.1. The zero-order valence-corrected chi connectivity index (χ0v) is 13.6. The van der Waals surface area contributed by atoms with Crippen LogP contribution in [-0.4, -0.2) is 16.8 Å². The Kier molecular flexibility index (Phi) is 5.87. The fourth-order valence-corrected chi connectivity index (χ4v) is 2.37. The highest BCUT2D eigenvalue weighted by Crippen LogP contribution is 2.26. The molecule has 0 unspecified atom stereocenters. The molecule has 0 radical (unpaired) electrons. The smallest absolute Gasteiger partial charge is 0.250 e. The third kappa shape index (κ3) is 5.23. The van der Waals surface area contributed by atoms with E-state index >= 15 is 0 Å². The highest BCUT2D eigenvalue weighted by Gasteiger charge is 2.10. The molecule has 2 rings (SSSR count). The fraction of sp³-hybridized carbons (Fsp3) is 0.188. The number of carbonyl (C=O) groups is 2. The number of rotatable bonds is 6. The first kappa shape index (κ1) is 16.7. The number of allylic oxidation sites excluding steroid dienone is 3. The number of carbonyl (C=O) groups excluding carboxylic acids is 2. The van der Waals surface area contributed by atoms with Gasteiger partial charge in [-0.05, 0) is 19.1 Å². The Labute approximate surface area is 137 Å². The number of aromatic nitrogens is 1. The largest absolute Gasteiger partial charge is 0.458 e. The van der Waals surface area contributed by atoms with Crippen LogP contribution in [0.3, 0.4) is 0 Å². The molecular formula is C16H17N3O3S. The predicted molar refractivity (Wildman–Crippen MR) is 89.9 cm³/mol. The highest BCUT2D eigenvalue weighted by molar-refractivity contribution is 7.14. The van der Waals surface area contributed by atoms with E-state index in [2.05, 4.69) is 15.6 Å². The summed E-state index contributed by atoms with van der Waals surface area (Å²) in [5.74, 6) is 0.872. The minimum Gasteiger partial charge on any atom is -0.458 e. The van der Waals surface area contributed by atoms with Gasteiger partial charge in [-0.15, -0.1) is 11.3 Å². The molecule has 0 fully saturated rings. The third-order valence-electron chi connectivity index (χ3n) is 2.71. The van der Waals surface area contributed by atoms with Crippen LogP contribution < -0.4 is 10.6 Å². The molecule has 6 nitrogen and oxygen atoms in total. The summed E-state index contributed by atoms with van der Waals surface area (Å²) in [6.45, 7) is 3.65. The van der Waals surface area contributed by atoms with Gasteiger partial charge in [-0.25, -0.2) is 4.98 Å². The van der Waals surface area contributed by atoms with Crippen molar-refractivity contribution in [3.8, 4) is 11.5 Å². The minimum absolute atomic E-state index is 0.118. The van der Waals surface area contributed by atoms with Crippen molar-refractivity contribution >= 4 is 28.3 Å². The molecule has 2 aromatic rings. The second-order valence-electron chi connectivity index (χ2n) is 4.59. The van der Waals surface area contributed by atoms with Gasteiger partial charge >= 0.3 is 0 Å². The van der Waals surface area contributed by atoms with Crippen molar-refractivity contribution in [2.75, 3.05) is 5.32 Å². The lowest BCUT2D eigenvalue weighted by atomic mass is 10.3. The molecule has 23 heavy (non-hydrogen) atoms.